The number of ketones is 1. The van der Waals surface area contributed by atoms with Gasteiger partial charge in [0.05, 0.1) is 30.9 Å². The minimum absolute atomic E-state index is 0.000218. The zero-order valence-electron chi connectivity index (χ0n) is 21.0. The quantitative estimate of drug-likeness (QED) is 0.286. The molecule has 1 spiro atoms. The standard InChI is InChI=1S/C26H29F6N3O3/c1-17-15-35-20(22(36)26(30,31)32)7-8-21(35)24(33(17)2)9-12-34(13-10-24)23(37)19-5-3-18(4-6-19)16-38-14-11-25(27,28)29/h3-8,17H,9-16H2,1-2H3/t17-/m1/s1. The highest BCUT2D eigenvalue weighted by molar-refractivity contribution is 5.99. The van der Waals surface area contributed by atoms with Crippen LogP contribution < -0.4 is 0 Å². The van der Waals surface area contributed by atoms with Crippen molar-refractivity contribution in [3.8, 4) is 0 Å². The second-order valence-corrected chi connectivity index (χ2v) is 9.94. The van der Waals surface area contributed by atoms with Gasteiger partial charge in [0.25, 0.3) is 11.7 Å². The fraction of sp³-hybridized carbons (Fsp3) is 0.538. The van der Waals surface area contributed by atoms with Crippen LogP contribution >= 0.6 is 0 Å². The minimum atomic E-state index is -4.96. The molecule has 0 bridgehead atoms. The Kier molecular flexibility index (Phi) is 7.68. The number of likely N-dealkylation sites (N-methyl/N-ethyl adjacent to an activating group) is 1. The predicted molar refractivity (Wildman–Crippen MR) is 126 cm³/mol. The number of rotatable bonds is 6. The molecule has 6 nitrogen and oxygen atoms in total. The molecule has 2 aliphatic rings. The third kappa shape index (κ3) is 5.61. The number of aromatic nitrogens is 1. The minimum Gasteiger partial charge on any atom is -0.376 e. The summed E-state index contributed by atoms with van der Waals surface area (Å²) in [6.45, 7) is 2.45. The van der Waals surface area contributed by atoms with Crippen molar-refractivity contribution in [1.29, 1.82) is 0 Å². The highest BCUT2D eigenvalue weighted by atomic mass is 19.4. The van der Waals surface area contributed by atoms with Crippen LogP contribution in [-0.4, -0.2) is 71.2 Å². The highest BCUT2D eigenvalue weighted by Crippen LogP contribution is 2.44. The molecule has 1 fully saturated rings. The molecule has 2 aromatic rings. The molecule has 38 heavy (non-hydrogen) atoms. The van der Waals surface area contributed by atoms with E-state index in [4.69, 9.17) is 4.74 Å². The Morgan fingerprint density at radius 2 is 1.63 bits per heavy atom. The second kappa shape index (κ2) is 10.4. The first-order valence-electron chi connectivity index (χ1n) is 12.3. The summed E-state index contributed by atoms with van der Waals surface area (Å²) in [5, 5.41) is 0. The van der Waals surface area contributed by atoms with Gasteiger partial charge >= 0.3 is 12.4 Å². The Bertz CT molecular complexity index is 1160. The number of alkyl halides is 6. The normalized spacial score (nSPS) is 20.0. The van der Waals surface area contributed by atoms with Crippen molar-refractivity contribution in [2.45, 2.75) is 63.3 Å². The van der Waals surface area contributed by atoms with Crippen LogP contribution in [0.1, 0.15) is 58.3 Å². The lowest BCUT2D eigenvalue weighted by Gasteiger charge is -2.53. The summed E-state index contributed by atoms with van der Waals surface area (Å²) in [5.74, 6) is -2.07. The third-order valence-corrected chi connectivity index (χ3v) is 7.61. The molecule has 1 saturated heterocycles. The van der Waals surface area contributed by atoms with Crippen LogP contribution in [0.4, 0.5) is 26.3 Å². The molecule has 1 atom stereocenters. The summed E-state index contributed by atoms with van der Waals surface area (Å²) in [5.41, 5.74) is 0.729. The molecule has 2 aliphatic heterocycles. The average Bonchev–Trinajstić information content (AvgIpc) is 3.28. The van der Waals surface area contributed by atoms with Crippen LogP contribution in [0, 0.1) is 0 Å². The first-order chi connectivity index (χ1) is 17.7. The van der Waals surface area contributed by atoms with E-state index in [0.29, 0.717) is 42.8 Å². The van der Waals surface area contributed by atoms with Crippen molar-refractivity contribution in [3.05, 3.63) is 58.9 Å². The topological polar surface area (TPSA) is 54.8 Å². The van der Waals surface area contributed by atoms with Crippen LogP contribution in [-0.2, 0) is 23.4 Å². The molecule has 0 saturated carbocycles. The summed E-state index contributed by atoms with van der Waals surface area (Å²) in [6, 6.07) is 9.18. The van der Waals surface area contributed by atoms with Crippen LogP contribution in [0.2, 0.25) is 0 Å². The number of nitrogens with zero attached hydrogens (tertiary/aromatic N) is 3. The Balaban J connectivity index is 1.43. The molecular formula is C26H29F6N3O3. The third-order valence-electron chi connectivity index (χ3n) is 7.61. The van der Waals surface area contributed by atoms with Crippen LogP contribution in [0.25, 0.3) is 0 Å². The van der Waals surface area contributed by atoms with Gasteiger partial charge in [-0.2, -0.15) is 26.3 Å². The Morgan fingerprint density at radius 3 is 2.21 bits per heavy atom. The Morgan fingerprint density at radius 1 is 1.00 bits per heavy atom. The van der Waals surface area contributed by atoms with Gasteiger partial charge in [0.15, 0.2) is 0 Å². The van der Waals surface area contributed by atoms with E-state index in [9.17, 15) is 35.9 Å². The Labute approximate surface area is 216 Å². The van der Waals surface area contributed by atoms with Crippen LogP contribution in [0.15, 0.2) is 36.4 Å². The van der Waals surface area contributed by atoms with Gasteiger partial charge in [-0.25, -0.2) is 0 Å². The number of hydrogen-bond donors (Lipinski definition) is 0. The number of carbonyl (C=O) groups is 2. The maximum Gasteiger partial charge on any atom is 0.456 e. The van der Waals surface area contributed by atoms with Crippen molar-refractivity contribution in [2.75, 3.05) is 26.7 Å². The molecule has 0 aliphatic carbocycles. The fourth-order valence-corrected chi connectivity index (χ4v) is 5.40. The van der Waals surface area contributed by atoms with Crippen LogP contribution in [0.3, 0.4) is 0 Å². The van der Waals surface area contributed by atoms with Gasteiger partial charge in [-0.05, 0) is 56.6 Å². The second-order valence-electron chi connectivity index (χ2n) is 9.94. The Hall–Kier alpha value is -2.86. The van der Waals surface area contributed by atoms with E-state index in [1.54, 1.807) is 35.2 Å². The summed E-state index contributed by atoms with van der Waals surface area (Å²) in [4.78, 5) is 29.0. The van der Waals surface area contributed by atoms with E-state index in [2.05, 4.69) is 4.90 Å². The fourth-order valence-electron chi connectivity index (χ4n) is 5.40. The first kappa shape index (κ1) is 28.2. The maximum absolute atomic E-state index is 13.2. The van der Waals surface area contributed by atoms with Crippen LogP contribution in [0.5, 0.6) is 0 Å². The van der Waals surface area contributed by atoms with E-state index in [1.807, 2.05) is 14.0 Å². The number of carbonyl (C=O) groups excluding carboxylic acids is 2. The zero-order chi connectivity index (χ0) is 27.9. The van der Waals surface area contributed by atoms with Gasteiger partial charge in [-0.3, -0.25) is 14.5 Å². The lowest BCUT2D eigenvalue weighted by molar-refractivity contribution is -0.146. The number of piperidine rings is 1. The molecule has 0 radical (unpaired) electrons. The van der Waals surface area contributed by atoms with Gasteiger partial charge in [-0.15, -0.1) is 0 Å². The van der Waals surface area contributed by atoms with E-state index in [-0.39, 0.29) is 30.8 Å². The number of hydrogen-bond acceptors (Lipinski definition) is 4. The smallest absolute Gasteiger partial charge is 0.376 e. The lowest BCUT2D eigenvalue weighted by atomic mass is 9.80. The molecule has 1 aromatic heterocycles. The molecule has 3 heterocycles. The predicted octanol–water partition coefficient (Wildman–Crippen LogP) is 5.17. The van der Waals surface area contributed by atoms with Crippen molar-refractivity contribution in [3.63, 3.8) is 0 Å². The van der Waals surface area contributed by atoms with Crippen molar-refractivity contribution >= 4 is 11.7 Å². The van der Waals surface area contributed by atoms with E-state index < -0.39 is 36.7 Å². The van der Waals surface area contributed by atoms with Crippen molar-refractivity contribution in [1.82, 2.24) is 14.4 Å². The average molecular weight is 546 g/mol. The number of benzene rings is 1. The van der Waals surface area contributed by atoms with E-state index in [0.717, 1.165) is 0 Å². The summed E-state index contributed by atoms with van der Waals surface area (Å²) in [6.07, 6.45) is -9.31. The SMILES string of the molecule is C[C@@H]1Cn2c(C(=O)C(F)(F)F)ccc2C2(CCN(C(=O)c3ccc(COCCC(F)(F)F)cc3)CC2)N1C. The molecule has 0 unspecified atom stereocenters. The summed E-state index contributed by atoms with van der Waals surface area (Å²) in [7, 11) is 1.92. The number of halogens is 6. The van der Waals surface area contributed by atoms with Gasteiger partial charge in [0.1, 0.15) is 0 Å². The number of ether oxygens (including phenoxy) is 1. The molecule has 208 valence electrons. The molecule has 1 aromatic carbocycles. The van der Waals surface area contributed by atoms with Crippen molar-refractivity contribution in [2.24, 2.45) is 0 Å². The van der Waals surface area contributed by atoms with Gasteiger partial charge in [0, 0.05) is 36.9 Å². The number of amides is 1. The lowest BCUT2D eigenvalue weighted by Crippen LogP contribution is -2.59. The largest absolute Gasteiger partial charge is 0.456 e. The van der Waals surface area contributed by atoms with Gasteiger partial charge in [-0.1, -0.05) is 12.1 Å². The zero-order valence-corrected chi connectivity index (χ0v) is 21.0. The molecule has 12 heteroatoms. The first-order valence-corrected chi connectivity index (χ1v) is 12.3. The molecular weight excluding hydrogens is 516 g/mol. The number of fused-ring (bicyclic) bond motifs is 2. The monoisotopic (exact) mass is 545 g/mol. The summed E-state index contributed by atoms with van der Waals surface area (Å²) >= 11 is 0. The molecule has 4 rings (SSSR count). The van der Waals surface area contributed by atoms with E-state index >= 15 is 0 Å². The molecule has 1 amide bonds. The highest BCUT2D eigenvalue weighted by Gasteiger charge is 2.49. The summed E-state index contributed by atoms with van der Waals surface area (Å²) < 4.78 is 82.7. The van der Waals surface area contributed by atoms with Gasteiger partial charge in [0.2, 0.25) is 0 Å². The number of Topliss-reactive ketones (excluding diaryl/α,β-unsaturated/α-hetero) is 1. The van der Waals surface area contributed by atoms with Gasteiger partial charge < -0.3 is 14.2 Å². The molecule has 0 N–H and O–H groups in total. The van der Waals surface area contributed by atoms with E-state index in [1.165, 1.54) is 10.6 Å². The van der Waals surface area contributed by atoms with Crippen molar-refractivity contribution < 1.29 is 40.7 Å². The number of likely N-dealkylation sites (tertiary alicyclic amines) is 1. The maximum atomic E-state index is 13.2.